The maximum absolute atomic E-state index is 14.1. The predicted molar refractivity (Wildman–Crippen MR) is 105 cm³/mol. The molecule has 1 aliphatic heterocycles. The second-order valence-corrected chi connectivity index (χ2v) is 7.90. The molecule has 29 heavy (non-hydrogen) atoms. The number of hydrogen-bond acceptors (Lipinski definition) is 6. The number of carbonyl (C=O) groups is 2. The maximum Gasteiger partial charge on any atom is 0.221 e. The molecule has 150 valence electrons. The van der Waals surface area contributed by atoms with Crippen LogP contribution in [0, 0.1) is 5.82 Å². The average molecular weight is 414 g/mol. The van der Waals surface area contributed by atoms with Crippen LogP contribution < -0.4 is 10.1 Å². The molecule has 7 nitrogen and oxygen atoms in total. The number of hydrogen-bond donors (Lipinski definition) is 1. The summed E-state index contributed by atoms with van der Waals surface area (Å²) in [7, 11) is 0. The van der Waals surface area contributed by atoms with Crippen molar-refractivity contribution in [1.29, 1.82) is 0 Å². The van der Waals surface area contributed by atoms with Gasteiger partial charge in [-0.05, 0) is 31.2 Å². The van der Waals surface area contributed by atoms with Gasteiger partial charge in [-0.1, -0.05) is 0 Å². The smallest absolute Gasteiger partial charge is 0.221 e. The van der Waals surface area contributed by atoms with Crippen molar-refractivity contribution in [3.63, 3.8) is 0 Å². The van der Waals surface area contributed by atoms with Crippen LogP contribution in [-0.4, -0.2) is 39.1 Å². The third-order valence-corrected chi connectivity index (χ3v) is 5.86. The number of ketones is 1. The molecule has 1 aromatic carbocycles. The minimum Gasteiger partial charge on any atom is -0.487 e. The molecule has 1 amide bonds. The molecule has 1 aliphatic rings. The Hall–Kier alpha value is -3.07. The van der Waals surface area contributed by atoms with Gasteiger partial charge in [-0.15, -0.1) is 11.3 Å². The highest BCUT2D eigenvalue weighted by Crippen LogP contribution is 2.42. The van der Waals surface area contributed by atoms with Crippen LogP contribution in [0.5, 0.6) is 5.75 Å². The molecule has 0 saturated heterocycles. The first-order chi connectivity index (χ1) is 14.0. The van der Waals surface area contributed by atoms with Crippen LogP contribution in [0.2, 0.25) is 0 Å². The van der Waals surface area contributed by atoms with Gasteiger partial charge >= 0.3 is 0 Å². The van der Waals surface area contributed by atoms with Crippen molar-refractivity contribution in [1.82, 2.24) is 20.1 Å². The first kappa shape index (κ1) is 19.3. The van der Waals surface area contributed by atoms with Crippen LogP contribution in [0.4, 0.5) is 4.39 Å². The minimum absolute atomic E-state index is 0.0262. The molecule has 1 N–H and O–H groups in total. The molecular weight excluding hydrogens is 395 g/mol. The summed E-state index contributed by atoms with van der Waals surface area (Å²) < 4.78 is 21.8. The second kappa shape index (κ2) is 8.12. The summed E-state index contributed by atoms with van der Waals surface area (Å²) in [5.74, 6) is 0.125. The van der Waals surface area contributed by atoms with Gasteiger partial charge in [0, 0.05) is 28.8 Å². The number of ether oxygens (including phenoxy) is 1. The highest BCUT2D eigenvalue weighted by molar-refractivity contribution is 7.17. The summed E-state index contributed by atoms with van der Waals surface area (Å²) in [5.41, 5.74) is 1.40. The Kier molecular flexibility index (Phi) is 5.39. The van der Waals surface area contributed by atoms with Gasteiger partial charge in [-0.3, -0.25) is 14.3 Å². The molecule has 4 rings (SSSR count). The largest absolute Gasteiger partial charge is 0.487 e. The van der Waals surface area contributed by atoms with Gasteiger partial charge in [0.1, 0.15) is 30.3 Å². The van der Waals surface area contributed by atoms with E-state index in [1.165, 1.54) is 36.7 Å². The van der Waals surface area contributed by atoms with Crippen LogP contribution in [0.15, 0.2) is 36.9 Å². The summed E-state index contributed by atoms with van der Waals surface area (Å²) in [6, 6.07) is 6.43. The van der Waals surface area contributed by atoms with Crippen molar-refractivity contribution in [3.05, 3.63) is 53.2 Å². The standard InChI is InChI=1S/C20H19FN4O3S/c1-12(26)17-2-3-18(29-17)16-8-14(21)6-13-7-15(28-20(13)16)9-23-19(27)4-5-25-11-22-10-24-25/h2-3,6,8,10-11,15H,4-5,7,9H2,1H3,(H,23,27)/t15-/m1/s1. The predicted octanol–water partition coefficient (Wildman–Crippen LogP) is 2.86. The lowest BCUT2D eigenvalue weighted by Gasteiger charge is -2.13. The highest BCUT2D eigenvalue weighted by Gasteiger charge is 2.28. The van der Waals surface area contributed by atoms with Gasteiger partial charge in [0.2, 0.25) is 5.91 Å². The number of aromatic nitrogens is 3. The monoisotopic (exact) mass is 414 g/mol. The number of thiophene rings is 1. The summed E-state index contributed by atoms with van der Waals surface area (Å²) in [5, 5.41) is 6.81. The van der Waals surface area contributed by atoms with E-state index in [1.807, 2.05) is 0 Å². The Morgan fingerprint density at radius 1 is 1.38 bits per heavy atom. The van der Waals surface area contributed by atoms with E-state index in [2.05, 4.69) is 15.4 Å². The summed E-state index contributed by atoms with van der Waals surface area (Å²) in [4.78, 5) is 28.9. The molecular formula is C20H19FN4O3S. The van der Waals surface area contributed by atoms with Gasteiger partial charge in [0.15, 0.2) is 5.78 Å². The molecule has 0 saturated carbocycles. The SMILES string of the molecule is CC(=O)c1ccc(-c2cc(F)cc3c2O[C@@H](CNC(=O)CCn2cncn2)C3)s1. The summed E-state index contributed by atoms with van der Waals surface area (Å²) in [6.45, 7) is 2.28. The van der Waals surface area contributed by atoms with Gasteiger partial charge in [0.25, 0.3) is 0 Å². The summed E-state index contributed by atoms with van der Waals surface area (Å²) >= 11 is 1.31. The lowest BCUT2D eigenvalue weighted by molar-refractivity contribution is -0.121. The third kappa shape index (κ3) is 4.34. The van der Waals surface area contributed by atoms with Crippen LogP contribution >= 0.6 is 11.3 Å². The van der Waals surface area contributed by atoms with Crippen molar-refractivity contribution in [2.75, 3.05) is 6.54 Å². The van der Waals surface area contributed by atoms with E-state index < -0.39 is 0 Å². The van der Waals surface area contributed by atoms with Crippen molar-refractivity contribution in [2.45, 2.75) is 32.4 Å². The zero-order valence-electron chi connectivity index (χ0n) is 15.7. The molecule has 9 heteroatoms. The van der Waals surface area contributed by atoms with E-state index >= 15 is 0 Å². The van der Waals surface area contributed by atoms with E-state index in [4.69, 9.17) is 4.74 Å². The number of carbonyl (C=O) groups excluding carboxylic acids is 2. The molecule has 1 atom stereocenters. The first-order valence-corrected chi connectivity index (χ1v) is 10.0. The number of halogens is 1. The third-order valence-electron chi connectivity index (χ3n) is 4.64. The number of Topliss-reactive ketones (excluding diaryl/α,β-unsaturated/α-hetero) is 1. The average Bonchev–Trinajstić information content (AvgIpc) is 3.44. The molecule has 3 heterocycles. The zero-order chi connectivity index (χ0) is 20.4. The number of rotatable bonds is 7. The van der Waals surface area contributed by atoms with Crippen LogP contribution in [0.3, 0.4) is 0 Å². The van der Waals surface area contributed by atoms with Crippen LogP contribution in [0.25, 0.3) is 10.4 Å². The molecule has 2 aromatic heterocycles. The van der Waals surface area contributed by atoms with E-state index in [0.717, 1.165) is 10.4 Å². The highest BCUT2D eigenvalue weighted by atomic mass is 32.1. The second-order valence-electron chi connectivity index (χ2n) is 6.82. The Labute approximate surface area is 170 Å². The van der Waals surface area contributed by atoms with Gasteiger partial charge in [-0.25, -0.2) is 9.37 Å². The maximum atomic E-state index is 14.1. The fraction of sp³-hybridized carbons (Fsp3) is 0.300. The van der Waals surface area contributed by atoms with Crippen molar-refractivity contribution in [2.24, 2.45) is 0 Å². The van der Waals surface area contributed by atoms with Crippen LogP contribution in [0.1, 0.15) is 28.6 Å². The topological polar surface area (TPSA) is 86.1 Å². The fourth-order valence-corrected chi connectivity index (χ4v) is 4.16. The number of fused-ring (bicyclic) bond motifs is 1. The molecule has 0 unspecified atom stereocenters. The first-order valence-electron chi connectivity index (χ1n) is 9.19. The Balaban J connectivity index is 1.41. The Morgan fingerprint density at radius 3 is 2.97 bits per heavy atom. The molecule has 0 radical (unpaired) electrons. The Morgan fingerprint density at radius 2 is 2.24 bits per heavy atom. The van der Waals surface area contributed by atoms with E-state index in [9.17, 15) is 14.0 Å². The quantitative estimate of drug-likeness (QED) is 0.601. The lowest BCUT2D eigenvalue weighted by atomic mass is 10.0. The van der Waals surface area contributed by atoms with Crippen molar-refractivity contribution in [3.8, 4) is 16.2 Å². The lowest BCUT2D eigenvalue weighted by Crippen LogP contribution is -2.34. The van der Waals surface area contributed by atoms with E-state index in [0.29, 0.717) is 35.7 Å². The van der Waals surface area contributed by atoms with Gasteiger partial charge < -0.3 is 10.1 Å². The number of nitrogens with one attached hydrogen (secondary N) is 1. The molecule has 0 bridgehead atoms. The summed E-state index contributed by atoms with van der Waals surface area (Å²) in [6.07, 6.45) is 3.50. The minimum atomic E-state index is -0.349. The molecule has 3 aromatic rings. The van der Waals surface area contributed by atoms with Crippen molar-refractivity contribution < 1.29 is 18.7 Å². The number of aryl methyl sites for hydroxylation is 1. The number of amides is 1. The molecule has 0 aliphatic carbocycles. The molecule has 0 fully saturated rings. The fourth-order valence-electron chi connectivity index (χ4n) is 3.24. The zero-order valence-corrected chi connectivity index (χ0v) is 16.5. The molecule has 0 spiro atoms. The van der Waals surface area contributed by atoms with Gasteiger partial charge in [0.05, 0.1) is 18.0 Å². The van der Waals surface area contributed by atoms with E-state index in [-0.39, 0.29) is 30.0 Å². The number of benzene rings is 1. The Bertz CT molecular complexity index is 1050. The van der Waals surface area contributed by atoms with Crippen LogP contribution in [-0.2, 0) is 17.8 Å². The van der Waals surface area contributed by atoms with E-state index in [1.54, 1.807) is 23.1 Å². The number of nitrogens with zero attached hydrogens (tertiary/aromatic N) is 3. The van der Waals surface area contributed by atoms with Crippen molar-refractivity contribution >= 4 is 23.0 Å². The van der Waals surface area contributed by atoms with Gasteiger partial charge in [-0.2, -0.15) is 5.10 Å². The normalized spacial score (nSPS) is 15.0.